The lowest BCUT2D eigenvalue weighted by Crippen LogP contribution is -2.70. The summed E-state index contributed by atoms with van der Waals surface area (Å²) < 4.78 is 1.10. The van der Waals surface area contributed by atoms with Crippen molar-refractivity contribution in [2.45, 2.75) is 23.0 Å². The highest BCUT2D eigenvalue weighted by Crippen LogP contribution is 2.41. The number of hydrogen-bond acceptors (Lipinski definition) is 11. The molecule has 2 aliphatic heterocycles. The molecule has 4 heterocycles. The van der Waals surface area contributed by atoms with Gasteiger partial charge in [-0.1, -0.05) is 11.8 Å². The molecule has 174 valence electrons. The molecule has 2 atom stereocenters. The Morgan fingerprint density at radius 2 is 2.12 bits per heavy atom. The van der Waals surface area contributed by atoms with Gasteiger partial charge in [0.15, 0.2) is 5.16 Å². The molecule has 0 bridgehead atoms. The number of aliphatic carboxylic acids is 1. The van der Waals surface area contributed by atoms with Gasteiger partial charge in [0.05, 0.1) is 6.42 Å². The summed E-state index contributed by atoms with van der Waals surface area (Å²) in [6.07, 6.45) is 0.0422. The molecule has 2 amide bonds. The molecule has 0 aromatic carbocycles. The number of amides is 2. The molecule has 2 aromatic rings. The van der Waals surface area contributed by atoms with Gasteiger partial charge in [-0.25, -0.2) is 4.79 Å². The summed E-state index contributed by atoms with van der Waals surface area (Å²) in [7, 11) is 1.41. The Balaban J connectivity index is 1.47. The summed E-state index contributed by atoms with van der Waals surface area (Å²) in [5.41, 5.74) is 5.92. The van der Waals surface area contributed by atoms with Gasteiger partial charge in [0, 0.05) is 29.1 Å². The second kappa shape index (κ2) is 9.07. The van der Waals surface area contributed by atoms with Gasteiger partial charge in [0.2, 0.25) is 5.91 Å². The fraction of sp³-hybridized carbons (Fsp3) is 0.333. The maximum Gasteiger partial charge on any atom is 0.352 e. The van der Waals surface area contributed by atoms with Crippen LogP contribution in [0.25, 0.3) is 0 Å². The summed E-state index contributed by atoms with van der Waals surface area (Å²) >= 11 is 3.75. The van der Waals surface area contributed by atoms with Crippen molar-refractivity contribution in [1.82, 2.24) is 25.0 Å². The van der Waals surface area contributed by atoms with E-state index in [9.17, 15) is 29.4 Å². The van der Waals surface area contributed by atoms with Gasteiger partial charge in [-0.05, 0) is 17.0 Å². The minimum Gasteiger partial charge on any atom is -0.488 e. The van der Waals surface area contributed by atoms with E-state index in [1.54, 1.807) is 11.4 Å². The molecule has 2 aliphatic rings. The van der Waals surface area contributed by atoms with Crippen molar-refractivity contribution in [2.24, 2.45) is 7.05 Å². The molecule has 1 unspecified atom stereocenters. The highest BCUT2D eigenvalue weighted by molar-refractivity contribution is 8.01. The number of aromatic nitrogens is 3. The minimum atomic E-state index is -1.26. The average molecular weight is 511 g/mol. The van der Waals surface area contributed by atoms with E-state index >= 15 is 0 Å². The van der Waals surface area contributed by atoms with Gasteiger partial charge in [-0.2, -0.15) is 0 Å². The third kappa shape index (κ3) is 4.30. The molecule has 4 rings (SSSR count). The van der Waals surface area contributed by atoms with E-state index in [1.165, 1.54) is 35.0 Å². The SMILES string of the molecule is Cn1c(SCC2=C(C(=O)O)N3C(=O)C(NC(=O)Cc4sccc4N)[C@H]3SC2)nnc(O)c1=O. The quantitative estimate of drug-likeness (QED) is 0.281. The first-order chi connectivity index (χ1) is 15.7. The summed E-state index contributed by atoms with van der Waals surface area (Å²) in [5.74, 6) is -2.40. The van der Waals surface area contributed by atoms with Crippen LogP contribution in [0.3, 0.4) is 0 Å². The highest BCUT2D eigenvalue weighted by Gasteiger charge is 2.54. The van der Waals surface area contributed by atoms with Crippen molar-refractivity contribution < 1.29 is 24.6 Å². The molecular weight excluding hydrogens is 492 g/mol. The third-order valence-electron chi connectivity index (χ3n) is 5.06. The van der Waals surface area contributed by atoms with Crippen molar-refractivity contribution in [3.8, 4) is 5.88 Å². The summed E-state index contributed by atoms with van der Waals surface area (Å²) in [6.45, 7) is 0. The number of nitrogens with one attached hydrogen (secondary N) is 1. The van der Waals surface area contributed by atoms with Crippen LogP contribution in [0.4, 0.5) is 5.69 Å². The van der Waals surface area contributed by atoms with E-state index < -0.39 is 34.7 Å². The minimum absolute atomic E-state index is 0.0422. The van der Waals surface area contributed by atoms with Crippen molar-refractivity contribution in [1.29, 1.82) is 0 Å². The number of aromatic hydroxyl groups is 1. The molecule has 2 aromatic heterocycles. The van der Waals surface area contributed by atoms with Crippen LogP contribution in [0.1, 0.15) is 4.88 Å². The molecular formula is C18H18N6O6S3. The molecule has 33 heavy (non-hydrogen) atoms. The van der Waals surface area contributed by atoms with E-state index in [0.717, 1.165) is 16.3 Å². The zero-order valence-corrected chi connectivity index (χ0v) is 19.5. The number of carboxylic acid groups (broad SMARTS) is 1. The number of hydrogen-bond donors (Lipinski definition) is 4. The molecule has 5 N–H and O–H groups in total. The molecule has 12 nitrogen and oxygen atoms in total. The first kappa shape index (κ1) is 23.1. The summed E-state index contributed by atoms with van der Waals surface area (Å²) in [6, 6.07) is 0.877. The lowest BCUT2D eigenvalue weighted by molar-refractivity contribution is -0.150. The number of carbonyl (C=O) groups excluding carboxylic acids is 2. The van der Waals surface area contributed by atoms with Crippen LogP contribution in [0, 0.1) is 0 Å². The van der Waals surface area contributed by atoms with E-state index in [-0.39, 0.29) is 28.9 Å². The number of nitrogens with zero attached hydrogens (tertiary/aromatic N) is 4. The van der Waals surface area contributed by atoms with Gasteiger partial charge < -0.3 is 21.3 Å². The Bertz CT molecular complexity index is 1240. The van der Waals surface area contributed by atoms with Crippen molar-refractivity contribution >= 4 is 58.3 Å². The number of rotatable bonds is 7. The number of nitrogen functional groups attached to an aromatic ring is 1. The van der Waals surface area contributed by atoms with Crippen LogP contribution in [-0.4, -0.2) is 70.6 Å². The van der Waals surface area contributed by atoms with Crippen LogP contribution >= 0.6 is 34.9 Å². The van der Waals surface area contributed by atoms with E-state index in [1.807, 2.05) is 0 Å². The van der Waals surface area contributed by atoms with Crippen LogP contribution < -0.4 is 16.6 Å². The normalized spacial score (nSPS) is 19.8. The molecule has 15 heteroatoms. The monoisotopic (exact) mass is 510 g/mol. The number of thiophene rings is 1. The molecule has 0 aliphatic carbocycles. The maximum atomic E-state index is 12.7. The number of nitrogens with two attached hydrogens (primary N) is 1. The smallest absolute Gasteiger partial charge is 0.352 e. The van der Waals surface area contributed by atoms with Gasteiger partial charge in [-0.15, -0.1) is 33.3 Å². The van der Waals surface area contributed by atoms with Crippen molar-refractivity contribution in [3.63, 3.8) is 0 Å². The Kier molecular flexibility index (Phi) is 6.36. The first-order valence-corrected chi connectivity index (χ1v) is 12.4. The zero-order chi connectivity index (χ0) is 23.9. The van der Waals surface area contributed by atoms with Gasteiger partial charge in [0.25, 0.3) is 11.8 Å². The van der Waals surface area contributed by atoms with E-state index in [0.29, 0.717) is 21.9 Å². The van der Waals surface area contributed by atoms with Crippen LogP contribution in [0.5, 0.6) is 5.88 Å². The lowest BCUT2D eigenvalue weighted by Gasteiger charge is -2.49. The van der Waals surface area contributed by atoms with Gasteiger partial charge >= 0.3 is 11.5 Å². The van der Waals surface area contributed by atoms with Crippen LogP contribution in [-0.2, 0) is 27.9 Å². The predicted octanol–water partition coefficient (Wildman–Crippen LogP) is -0.402. The zero-order valence-electron chi connectivity index (χ0n) is 17.0. The van der Waals surface area contributed by atoms with Gasteiger partial charge in [-0.3, -0.25) is 23.9 Å². The standard InChI is InChI=1S/C18H18N6O6S3/c1-23-15(28)13(26)21-22-18(23)33-6-7-5-32-16-11(14(27)24(16)12(7)17(29)30)20-10(25)4-9-8(19)2-3-31-9/h2-3,11,16H,4-6,19H2,1H3,(H,20,25)(H,21,26)(H,29,30)/t11?,16-/m1/s1. The van der Waals surface area contributed by atoms with Crippen molar-refractivity contribution in [2.75, 3.05) is 17.2 Å². The topological polar surface area (TPSA) is 181 Å². The van der Waals surface area contributed by atoms with Crippen molar-refractivity contribution in [3.05, 3.63) is 37.9 Å². The molecule has 1 saturated heterocycles. The first-order valence-electron chi connectivity index (χ1n) is 9.45. The Morgan fingerprint density at radius 1 is 1.36 bits per heavy atom. The van der Waals surface area contributed by atoms with E-state index in [2.05, 4.69) is 15.5 Å². The Morgan fingerprint density at radius 3 is 2.79 bits per heavy atom. The highest BCUT2D eigenvalue weighted by atomic mass is 32.2. The number of β-lactam (4-membered cyclic amide) rings is 1. The number of anilines is 1. The predicted molar refractivity (Wildman–Crippen MR) is 122 cm³/mol. The molecule has 0 saturated carbocycles. The number of carboxylic acids is 1. The number of fused-ring (bicyclic) bond motifs is 1. The third-order valence-corrected chi connectivity index (χ3v) is 8.44. The average Bonchev–Trinajstić information content (AvgIpc) is 3.18. The summed E-state index contributed by atoms with van der Waals surface area (Å²) in [4.78, 5) is 50.8. The second-order valence-electron chi connectivity index (χ2n) is 7.15. The summed E-state index contributed by atoms with van der Waals surface area (Å²) in [5, 5.41) is 30.4. The Labute approximate surface area is 198 Å². The number of thioether (sulfide) groups is 2. The maximum absolute atomic E-state index is 12.7. The van der Waals surface area contributed by atoms with Crippen LogP contribution in [0.2, 0.25) is 0 Å². The second-order valence-corrected chi connectivity index (χ2v) is 10.2. The molecule has 0 spiro atoms. The van der Waals surface area contributed by atoms with Crippen LogP contribution in [0.15, 0.2) is 32.7 Å². The largest absolute Gasteiger partial charge is 0.488 e. The van der Waals surface area contributed by atoms with Gasteiger partial charge in [0.1, 0.15) is 17.1 Å². The molecule has 0 radical (unpaired) electrons. The molecule has 1 fully saturated rings. The Hall–Kier alpha value is -3.04. The van der Waals surface area contributed by atoms with E-state index in [4.69, 9.17) is 5.73 Å². The fourth-order valence-corrected chi connectivity index (χ4v) is 6.56. The lowest BCUT2D eigenvalue weighted by atomic mass is 10.0. The fourth-order valence-electron chi connectivity index (χ4n) is 3.37. The number of carbonyl (C=O) groups is 3.